The van der Waals surface area contributed by atoms with Gasteiger partial charge in [-0.25, -0.2) is 0 Å². The molecule has 4 nitrogen and oxygen atoms in total. The molecule has 2 saturated carbocycles. The highest BCUT2D eigenvalue weighted by molar-refractivity contribution is 5.86. The third kappa shape index (κ3) is 1.63. The quantitative estimate of drug-likeness (QED) is 0.495. The van der Waals surface area contributed by atoms with Crippen LogP contribution >= 0.6 is 0 Å². The predicted molar refractivity (Wildman–Crippen MR) is 96.2 cm³/mol. The minimum atomic E-state index is -0.0203. The van der Waals surface area contributed by atoms with Gasteiger partial charge in [0.25, 0.3) is 0 Å². The zero-order chi connectivity index (χ0) is 17.7. The molecule has 3 aliphatic heterocycles. The molecule has 0 radical (unpaired) electrons. The summed E-state index contributed by atoms with van der Waals surface area (Å²) in [6.45, 7) is 4.71. The molecule has 3 aliphatic carbocycles. The molecule has 0 unspecified atom stereocenters. The fourth-order valence-corrected chi connectivity index (χ4v) is 8.51. The Balaban J connectivity index is 1.62. The number of carbonyl (C=O) groups is 2. The maximum absolute atomic E-state index is 13.2. The standard InChI is InChI=1S/C22H29NO3/c1-13-10-23-11-15-6-5-14-3-2-4-17(14)22-8-7-18(24)26-12-21(15,22)9-16(19(13)25)20(22)23/h4,13-16,20H,2-3,5-12H2,1H3/t13-,14-,15-,16-,20+,21-,22+/m1/s1. The third-order valence-electron chi connectivity index (χ3n) is 9.26. The molecule has 0 aromatic carbocycles. The van der Waals surface area contributed by atoms with E-state index in [0.29, 0.717) is 36.7 Å². The summed E-state index contributed by atoms with van der Waals surface area (Å²) >= 11 is 0. The number of fused-ring (bicyclic) bond motifs is 1. The molecule has 0 spiro atoms. The van der Waals surface area contributed by atoms with Crippen LogP contribution in [-0.2, 0) is 14.3 Å². The average Bonchev–Trinajstić information content (AvgIpc) is 3.12. The second-order valence-corrected chi connectivity index (χ2v) is 10.0. The first-order chi connectivity index (χ1) is 12.6. The summed E-state index contributed by atoms with van der Waals surface area (Å²) in [7, 11) is 0. The Morgan fingerprint density at radius 1 is 1.19 bits per heavy atom. The van der Waals surface area contributed by atoms with Crippen LogP contribution < -0.4 is 0 Å². The van der Waals surface area contributed by atoms with Crippen LogP contribution in [0, 0.1) is 34.5 Å². The Morgan fingerprint density at radius 3 is 2.96 bits per heavy atom. The van der Waals surface area contributed by atoms with E-state index in [4.69, 9.17) is 4.74 Å². The summed E-state index contributed by atoms with van der Waals surface area (Å²) in [5, 5.41) is 0. The Kier molecular flexibility index (Phi) is 3.05. The van der Waals surface area contributed by atoms with Gasteiger partial charge in [-0.05, 0) is 50.4 Å². The second kappa shape index (κ2) is 5.01. The first kappa shape index (κ1) is 15.9. The molecule has 5 fully saturated rings. The van der Waals surface area contributed by atoms with Crippen LogP contribution in [0.25, 0.3) is 0 Å². The molecule has 140 valence electrons. The first-order valence-electron chi connectivity index (χ1n) is 10.7. The van der Waals surface area contributed by atoms with Crippen molar-refractivity contribution >= 4 is 11.8 Å². The van der Waals surface area contributed by atoms with Gasteiger partial charge in [-0.2, -0.15) is 0 Å². The minimum absolute atomic E-state index is 0.00956. The highest BCUT2D eigenvalue weighted by Gasteiger charge is 2.75. The summed E-state index contributed by atoms with van der Waals surface area (Å²) in [4.78, 5) is 28.2. The minimum Gasteiger partial charge on any atom is -0.465 e. The van der Waals surface area contributed by atoms with Crippen LogP contribution in [0.15, 0.2) is 11.6 Å². The van der Waals surface area contributed by atoms with Crippen LogP contribution in [-0.4, -0.2) is 42.4 Å². The fourth-order valence-electron chi connectivity index (χ4n) is 8.51. The molecule has 0 aromatic heterocycles. The van der Waals surface area contributed by atoms with Gasteiger partial charge in [-0.15, -0.1) is 0 Å². The molecule has 3 heterocycles. The number of piperidine rings is 2. The summed E-state index contributed by atoms with van der Waals surface area (Å²) in [5.74, 6) is 2.03. The van der Waals surface area contributed by atoms with Gasteiger partial charge in [0.15, 0.2) is 0 Å². The average molecular weight is 355 g/mol. The second-order valence-electron chi connectivity index (χ2n) is 10.0. The van der Waals surface area contributed by atoms with E-state index >= 15 is 0 Å². The topological polar surface area (TPSA) is 46.6 Å². The van der Waals surface area contributed by atoms with E-state index < -0.39 is 0 Å². The predicted octanol–water partition coefficient (Wildman–Crippen LogP) is 2.97. The van der Waals surface area contributed by atoms with E-state index in [1.807, 2.05) is 0 Å². The number of esters is 1. The lowest BCUT2D eigenvalue weighted by Gasteiger charge is -2.60. The Hall–Kier alpha value is -1.16. The molecule has 3 saturated heterocycles. The molecular weight excluding hydrogens is 326 g/mol. The summed E-state index contributed by atoms with van der Waals surface area (Å²) in [5.41, 5.74) is 1.66. The summed E-state index contributed by atoms with van der Waals surface area (Å²) in [6, 6.07) is 0.321. The van der Waals surface area contributed by atoms with Gasteiger partial charge >= 0.3 is 5.97 Å². The molecular formula is C22H29NO3. The van der Waals surface area contributed by atoms with Crippen LogP contribution in [0.1, 0.15) is 51.9 Å². The summed E-state index contributed by atoms with van der Waals surface area (Å²) in [6.07, 6.45) is 9.90. The maximum Gasteiger partial charge on any atom is 0.305 e. The fraction of sp³-hybridized carbons (Fsp3) is 0.818. The number of allylic oxidation sites excluding steroid dienone is 1. The summed E-state index contributed by atoms with van der Waals surface area (Å²) < 4.78 is 5.84. The Morgan fingerprint density at radius 2 is 2.08 bits per heavy atom. The lowest BCUT2D eigenvalue weighted by molar-refractivity contribution is -0.151. The third-order valence-corrected chi connectivity index (χ3v) is 9.26. The molecule has 7 atom stereocenters. The van der Waals surface area contributed by atoms with Crippen molar-refractivity contribution < 1.29 is 14.3 Å². The van der Waals surface area contributed by atoms with E-state index in [9.17, 15) is 9.59 Å². The SMILES string of the molecule is C[C@@H]1CN2C[C@H]3CC[C@H]4CCC=C4[C@]45CCC(=O)OC[C@]34C[C@H](C1=O)[C@H]25. The highest BCUT2D eigenvalue weighted by atomic mass is 16.5. The van der Waals surface area contributed by atoms with Crippen molar-refractivity contribution in [3.05, 3.63) is 11.6 Å². The van der Waals surface area contributed by atoms with Crippen molar-refractivity contribution in [3.8, 4) is 0 Å². The van der Waals surface area contributed by atoms with Crippen LogP contribution in [0.4, 0.5) is 0 Å². The van der Waals surface area contributed by atoms with E-state index in [1.165, 1.54) is 25.7 Å². The molecule has 6 aliphatic rings. The number of ketones is 1. The van der Waals surface area contributed by atoms with Crippen LogP contribution in [0.5, 0.6) is 0 Å². The lowest BCUT2D eigenvalue weighted by Crippen LogP contribution is -2.65. The monoisotopic (exact) mass is 355 g/mol. The Labute approximate surface area is 155 Å². The van der Waals surface area contributed by atoms with Crippen LogP contribution in [0.2, 0.25) is 0 Å². The van der Waals surface area contributed by atoms with Crippen molar-refractivity contribution in [2.75, 3.05) is 19.7 Å². The van der Waals surface area contributed by atoms with Gasteiger partial charge < -0.3 is 4.74 Å². The van der Waals surface area contributed by atoms with Gasteiger partial charge in [0.2, 0.25) is 0 Å². The maximum atomic E-state index is 13.2. The van der Waals surface area contributed by atoms with Crippen molar-refractivity contribution in [3.63, 3.8) is 0 Å². The zero-order valence-electron chi connectivity index (χ0n) is 15.7. The normalized spacial score (nSPS) is 52.5. The number of hydrogen-bond donors (Lipinski definition) is 0. The largest absolute Gasteiger partial charge is 0.465 e. The number of rotatable bonds is 0. The molecule has 0 amide bonds. The Bertz CT molecular complexity index is 729. The zero-order valence-corrected chi connectivity index (χ0v) is 15.7. The molecule has 26 heavy (non-hydrogen) atoms. The van der Waals surface area contributed by atoms with Crippen LogP contribution in [0.3, 0.4) is 0 Å². The molecule has 0 N–H and O–H groups in total. The number of hydrogen-bond acceptors (Lipinski definition) is 4. The van der Waals surface area contributed by atoms with Gasteiger partial charge in [0.05, 0.1) is 6.61 Å². The number of carbonyl (C=O) groups excluding carboxylic acids is 2. The van der Waals surface area contributed by atoms with Gasteiger partial charge in [0.1, 0.15) is 5.78 Å². The number of ether oxygens (including phenoxy) is 1. The van der Waals surface area contributed by atoms with Crippen molar-refractivity contribution in [1.29, 1.82) is 0 Å². The van der Waals surface area contributed by atoms with Crippen molar-refractivity contribution in [2.24, 2.45) is 34.5 Å². The van der Waals surface area contributed by atoms with E-state index in [1.54, 1.807) is 5.57 Å². The molecule has 4 bridgehead atoms. The molecule has 0 aromatic rings. The number of Topliss-reactive ketones (excluding diaryl/α,β-unsaturated/α-hetero) is 1. The van der Waals surface area contributed by atoms with E-state index in [-0.39, 0.29) is 28.6 Å². The van der Waals surface area contributed by atoms with Crippen molar-refractivity contribution in [1.82, 2.24) is 4.90 Å². The lowest BCUT2D eigenvalue weighted by atomic mass is 9.51. The molecule has 4 heteroatoms. The van der Waals surface area contributed by atoms with Crippen molar-refractivity contribution in [2.45, 2.75) is 57.9 Å². The first-order valence-corrected chi connectivity index (χ1v) is 10.7. The van der Waals surface area contributed by atoms with Gasteiger partial charge in [0, 0.05) is 48.2 Å². The number of cyclic esters (lactones) is 1. The number of nitrogens with zero attached hydrogens (tertiary/aromatic N) is 1. The molecule has 6 rings (SSSR count). The van der Waals surface area contributed by atoms with E-state index in [2.05, 4.69) is 17.9 Å². The smallest absolute Gasteiger partial charge is 0.305 e. The highest BCUT2D eigenvalue weighted by Crippen LogP contribution is 2.74. The van der Waals surface area contributed by atoms with E-state index in [0.717, 1.165) is 25.9 Å². The van der Waals surface area contributed by atoms with Gasteiger partial charge in [-0.1, -0.05) is 18.6 Å². The van der Waals surface area contributed by atoms with Gasteiger partial charge in [-0.3, -0.25) is 14.5 Å².